The van der Waals surface area contributed by atoms with Crippen molar-refractivity contribution in [3.63, 3.8) is 0 Å². The second kappa shape index (κ2) is 6.49. The Bertz CT molecular complexity index is 275. The largest absolute Gasteiger partial charge is 0.475 e. The molecular formula is C8H19O7PS. The van der Waals surface area contributed by atoms with Crippen molar-refractivity contribution in [1.82, 2.24) is 0 Å². The van der Waals surface area contributed by atoms with Crippen LogP contribution in [0.4, 0.5) is 0 Å². The third-order valence-corrected chi connectivity index (χ3v) is 5.02. The van der Waals surface area contributed by atoms with E-state index >= 15 is 0 Å². The molecule has 1 unspecified atom stereocenters. The Balaban J connectivity index is 2.57. The van der Waals surface area contributed by atoms with Gasteiger partial charge < -0.3 is 9.11 Å². The molecule has 0 bridgehead atoms. The van der Waals surface area contributed by atoms with Crippen LogP contribution in [0.1, 0.15) is 20.3 Å². The van der Waals surface area contributed by atoms with E-state index in [1.165, 1.54) is 0 Å². The summed E-state index contributed by atoms with van der Waals surface area (Å²) in [6.45, 7) is 3.87. The highest BCUT2D eigenvalue weighted by molar-refractivity contribution is 8.20. The Kier molecular flexibility index (Phi) is 5.88. The van der Waals surface area contributed by atoms with E-state index in [4.69, 9.17) is 17.8 Å². The van der Waals surface area contributed by atoms with Gasteiger partial charge in [0.2, 0.25) is 0 Å². The maximum absolute atomic E-state index is 12.0. The third-order valence-electron chi connectivity index (χ3n) is 1.97. The maximum Gasteiger partial charge on any atom is 0.475 e. The van der Waals surface area contributed by atoms with Gasteiger partial charge >= 0.3 is 7.82 Å². The normalized spacial score (nSPS) is 26.7. The van der Waals surface area contributed by atoms with Gasteiger partial charge in [-0.1, -0.05) is 0 Å². The predicted molar refractivity (Wildman–Crippen MR) is 64.0 cm³/mol. The van der Waals surface area contributed by atoms with Crippen molar-refractivity contribution in [2.45, 2.75) is 26.4 Å². The molecule has 0 amide bonds. The lowest BCUT2D eigenvalue weighted by atomic mass is 10.3. The predicted octanol–water partition coefficient (Wildman–Crippen LogP) is 2.64. The topological polar surface area (TPSA) is 94.5 Å². The Morgan fingerprint density at radius 3 is 2.41 bits per heavy atom. The lowest BCUT2D eigenvalue weighted by molar-refractivity contribution is 0.0695. The highest BCUT2D eigenvalue weighted by atomic mass is 32.3. The molecule has 1 heterocycles. The fourth-order valence-electron chi connectivity index (χ4n) is 1.37. The van der Waals surface area contributed by atoms with Crippen molar-refractivity contribution >= 4 is 18.7 Å². The third kappa shape index (κ3) is 5.23. The molecule has 0 aromatic rings. The minimum Gasteiger partial charge on any atom is -0.308 e. The molecule has 17 heavy (non-hydrogen) atoms. The SMILES string of the molecule is CCOP(=O)(OCC)OC1CCOS(O)(O)C1. The fourth-order valence-corrected chi connectivity index (χ4v) is 4.02. The zero-order valence-corrected chi connectivity index (χ0v) is 11.6. The average Bonchev–Trinajstić information content (AvgIpc) is 2.15. The first kappa shape index (κ1) is 15.4. The van der Waals surface area contributed by atoms with Crippen molar-refractivity contribution in [3.8, 4) is 0 Å². The van der Waals surface area contributed by atoms with Crippen LogP contribution in [0, 0.1) is 0 Å². The van der Waals surface area contributed by atoms with E-state index in [9.17, 15) is 13.7 Å². The lowest BCUT2D eigenvalue weighted by Gasteiger charge is -2.35. The molecule has 1 atom stereocenters. The Labute approximate surface area is 103 Å². The van der Waals surface area contributed by atoms with Crippen LogP contribution in [-0.2, 0) is 22.3 Å². The van der Waals surface area contributed by atoms with E-state index in [1.807, 2.05) is 0 Å². The van der Waals surface area contributed by atoms with E-state index < -0.39 is 24.8 Å². The van der Waals surface area contributed by atoms with Gasteiger partial charge in [-0.15, -0.1) is 0 Å². The molecule has 1 aliphatic rings. The molecule has 7 nitrogen and oxygen atoms in total. The number of phosphoric ester groups is 1. The minimum absolute atomic E-state index is 0.114. The molecule has 1 aliphatic heterocycles. The van der Waals surface area contributed by atoms with Gasteiger partial charge in [-0.2, -0.15) is 0 Å². The molecule has 0 aromatic carbocycles. The molecule has 0 aliphatic carbocycles. The molecule has 104 valence electrons. The van der Waals surface area contributed by atoms with Gasteiger partial charge in [-0.05, 0) is 20.3 Å². The number of hydrogen-bond donors (Lipinski definition) is 2. The van der Waals surface area contributed by atoms with Crippen LogP contribution >= 0.6 is 18.7 Å². The fraction of sp³-hybridized carbons (Fsp3) is 1.00. The summed E-state index contributed by atoms with van der Waals surface area (Å²) in [5.41, 5.74) is 0. The Morgan fingerprint density at radius 1 is 1.35 bits per heavy atom. The first-order valence-corrected chi connectivity index (χ1v) is 8.48. The van der Waals surface area contributed by atoms with Crippen LogP contribution in [0.15, 0.2) is 0 Å². The quantitative estimate of drug-likeness (QED) is 0.726. The molecule has 1 rings (SSSR count). The van der Waals surface area contributed by atoms with Crippen molar-refractivity contribution in [2.24, 2.45) is 0 Å². The lowest BCUT2D eigenvalue weighted by Crippen LogP contribution is -2.29. The molecule has 0 aromatic heterocycles. The summed E-state index contributed by atoms with van der Waals surface area (Å²) >= 11 is 0. The van der Waals surface area contributed by atoms with Crippen LogP contribution in [0.2, 0.25) is 0 Å². The summed E-state index contributed by atoms with van der Waals surface area (Å²) in [6, 6.07) is 0. The number of hydrogen-bond acceptors (Lipinski definition) is 7. The summed E-state index contributed by atoms with van der Waals surface area (Å²) in [5, 5.41) is 0. The van der Waals surface area contributed by atoms with Crippen LogP contribution in [0.5, 0.6) is 0 Å². The van der Waals surface area contributed by atoms with Crippen LogP contribution in [0.3, 0.4) is 0 Å². The van der Waals surface area contributed by atoms with Gasteiger partial charge in [0.05, 0.1) is 42.5 Å². The smallest absolute Gasteiger partial charge is 0.308 e. The zero-order valence-electron chi connectivity index (χ0n) is 9.90. The van der Waals surface area contributed by atoms with E-state index in [0.717, 1.165) is 0 Å². The van der Waals surface area contributed by atoms with Gasteiger partial charge in [0.15, 0.2) is 0 Å². The summed E-state index contributed by atoms with van der Waals surface area (Å²) in [6.07, 6.45) is -0.183. The van der Waals surface area contributed by atoms with E-state index in [2.05, 4.69) is 0 Å². The van der Waals surface area contributed by atoms with Crippen LogP contribution in [0.25, 0.3) is 0 Å². The monoisotopic (exact) mass is 290 g/mol. The van der Waals surface area contributed by atoms with E-state index in [-0.39, 0.29) is 25.6 Å². The number of phosphoric acid groups is 1. The first-order valence-electron chi connectivity index (χ1n) is 5.38. The van der Waals surface area contributed by atoms with Gasteiger partial charge in [0, 0.05) is 0 Å². The van der Waals surface area contributed by atoms with Crippen LogP contribution in [-0.4, -0.2) is 40.8 Å². The highest BCUT2D eigenvalue weighted by Gasteiger charge is 2.36. The second-order valence-corrected chi connectivity index (χ2v) is 6.80. The van der Waals surface area contributed by atoms with Crippen molar-refractivity contribution < 1.29 is 31.4 Å². The van der Waals surface area contributed by atoms with Crippen molar-refractivity contribution in [3.05, 3.63) is 0 Å². The van der Waals surface area contributed by atoms with Crippen molar-refractivity contribution in [2.75, 3.05) is 25.6 Å². The Hall–Kier alpha value is 0.340. The van der Waals surface area contributed by atoms with Crippen LogP contribution < -0.4 is 0 Å². The highest BCUT2D eigenvalue weighted by Crippen LogP contribution is 2.54. The molecule has 2 N–H and O–H groups in total. The first-order chi connectivity index (χ1) is 7.91. The Morgan fingerprint density at radius 2 is 1.94 bits per heavy atom. The standard InChI is InChI=1S/C8H19O7PS/c1-3-12-16(9,13-4-2)15-8-5-6-14-17(10,11)7-8/h8,10-11H,3-7H2,1-2H3. The molecule has 9 heteroatoms. The van der Waals surface area contributed by atoms with E-state index in [1.54, 1.807) is 13.8 Å². The zero-order chi connectivity index (χ0) is 12.9. The molecule has 1 fully saturated rings. The minimum atomic E-state index is -3.61. The molecule has 0 radical (unpaired) electrons. The molecule has 1 saturated heterocycles. The number of rotatable bonds is 6. The molecular weight excluding hydrogens is 271 g/mol. The second-order valence-electron chi connectivity index (χ2n) is 3.39. The van der Waals surface area contributed by atoms with E-state index in [0.29, 0.717) is 6.42 Å². The average molecular weight is 290 g/mol. The van der Waals surface area contributed by atoms with Gasteiger partial charge in [0.1, 0.15) is 0 Å². The summed E-state index contributed by atoms with van der Waals surface area (Å²) in [4.78, 5) is 0. The summed E-state index contributed by atoms with van der Waals surface area (Å²) in [7, 11) is -6.70. The molecule has 0 saturated carbocycles. The van der Waals surface area contributed by atoms with Gasteiger partial charge in [-0.25, -0.2) is 4.57 Å². The van der Waals surface area contributed by atoms with Gasteiger partial charge in [-0.3, -0.25) is 17.8 Å². The maximum atomic E-state index is 12.0. The van der Waals surface area contributed by atoms with Crippen molar-refractivity contribution in [1.29, 1.82) is 0 Å². The molecule has 0 spiro atoms. The summed E-state index contributed by atoms with van der Waals surface area (Å²) < 4.78 is 50.7. The van der Waals surface area contributed by atoms with Gasteiger partial charge in [0.25, 0.3) is 0 Å². The summed E-state index contributed by atoms with van der Waals surface area (Å²) in [5.74, 6) is -0.114.